The van der Waals surface area contributed by atoms with Crippen LogP contribution in [0.25, 0.3) is 0 Å². The maximum absolute atomic E-state index is 5.36. The molecule has 2 N–H and O–H groups in total. The maximum atomic E-state index is 5.36. The van der Waals surface area contributed by atoms with Crippen LogP contribution in [0.1, 0.15) is 16.7 Å². The standard InChI is InChI=1S/C18H22N2OS/c1-13-7-6-9-16(14(13)2)20-18(22)19-12-11-15-8-4-5-10-17(15)21-3/h4-10H,11-12H2,1-3H3,(H2,19,20,22). The molecule has 0 amide bonds. The average molecular weight is 314 g/mol. The van der Waals surface area contributed by atoms with Crippen molar-refractivity contribution in [2.45, 2.75) is 20.3 Å². The topological polar surface area (TPSA) is 33.3 Å². The van der Waals surface area contributed by atoms with E-state index in [1.54, 1.807) is 7.11 Å². The average Bonchev–Trinajstić information content (AvgIpc) is 2.52. The molecule has 0 saturated carbocycles. The number of aryl methyl sites for hydroxylation is 1. The second-order valence-electron chi connectivity index (χ2n) is 5.19. The number of nitrogens with one attached hydrogen (secondary N) is 2. The largest absolute Gasteiger partial charge is 0.496 e. The molecule has 0 spiro atoms. The maximum Gasteiger partial charge on any atom is 0.170 e. The monoisotopic (exact) mass is 314 g/mol. The lowest BCUT2D eigenvalue weighted by molar-refractivity contribution is 0.409. The summed E-state index contributed by atoms with van der Waals surface area (Å²) < 4.78 is 5.35. The van der Waals surface area contributed by atoms with Gasteiger partial charge in [0.05, 0.1) is 7.11 Å². The van der Waals surface area contributed by atoms with Crippen molar-refractivity contribution < 1.29 is 4.74 Å². The van der Waals surface area contributed by atoms with E-state index in [4.69, 9.17) is 17.0 Å². The van der Waals surface area contributed by atoms with E-state index in [1.165, 1.54) is 16.7 Å². The van der Waals surface area contributed by atoms with Gasteiger partial charge in [-0.25, -0.2) is 0 Å². The zero-order valence-electron chi connectivity index (χ0n) is 13.3. The van der Waals surface area contributed by atoms with Crippen LogP contribution in [0.2, 0.25) is 0 Å². The Hall–Kier alpha value is -2.07. The zero-order valence-corrected chi connectivity index (χ0v) is 14.1. The van der Waals surface area contributed by atoms with Crippen molar-refractivity contribution in [3.8, 4) is 5.75 Å². The summed E-state index contributed by atoms with van der Waals surface area (Å²) in [6.07, 6.45) is 0.860. The van der Waals surface area contributed by atoms with E-state index in [0.717, 1.165) is 24.4 Å². The number of anilines is 1. The van der Waals surface area contributed by atoms with Crippen LogP contribution in [-0.2, 0) is 6.42 Å². The van der Waals surface area contributed by atoms with Crippen LogP contribution in [-0.4, -0.2) is 18.8 Å². The lowest BCUT2D eigenvalue weighted by Crippen LogP contribution is -2.30. The van der Waals surface area contributed by atoms with Gasteiger partial charge in [-0.15, -0.1) is 0 Å². The normalized spacial score (nSPS) is 10.1. The second kappa shape index (κ2) is 7.80. The van der Waals surface area contributed by atoms with Gasteiger partial charge in [0, 0.05) is 12.2 Å². The molecule has 0 aliphatic rings. The van der Waals surface area contributed by atoms with E-state index < -0.39 is 0 Å². The molecule has 0 aromatic heterocycles. The first kappa shape index (κ1) is 16.3. The highest BCUT2D eigenvalue weighted by Crippen LogP contribution is 2.18. The zero-order chi connectivity index (χ0) is 15.9. The molecule has 22 heavy (non-hydrogen) atoms. The Morgan fingerprint density at radius 2 is 1.86 bits per heavy atom. The van der Waals surface area contributed by atoms with Gasteiger partial charge in [-0.2, -0.15) is 0 Å². The van der Waals surface area contributed by atoms with Crippen LogP contribution >= 0.6 is 12.2 Å². The van der Waals surface area contributed by atoms with Gasteiger partial charge < -0.3 is 15.4 Å². The van der Waals surface area contributed by atoms with Crippen molar-refractivity contribution in [3.63, 3.8) is 0 Å². The molecule has 0 atom stereocenters. The van der Waals surface area contributed by atoms with Crippen LogP contribution in [0.4, 0.5) is 5.69 Å². The molecule has 0 fully saturated rings. The molecule has 0 bridgehead atoms. The molecule has 2 rings (SSSR count). The number of para-hydroxylation sites is 1. The molecule has 0 saturated heterocycles. The second-order valence-corrected chi connectivity index (χ2v) is 5.60. The Morgan fingerprint density at radius 1 is 1.09 bits per heavy atom. The van der Waals surface area contributed by atoms with Crippen molar-refractivity contribution in [3.05, 3.63) is 59.2 Å². The van der Waals surface area contributed by atoms with Gasteiger partial charge >= 0.3 is 0 Å². The molecular weight excluding hydrogens is 292 g/mol. The third-order valence-electron chi connectivity index (χ3n) is 3.73. The fourth-order valence-corrected chi connectivity index (χ4v) is 2.49. The minimum Gasteiger partial charge on any atom is -0.496 e. The van der Waals surface area contributed by atoms with Crippen LogP contribution in [0.15, 0.2) is 42.5 Å². The molecule has 0 aliphatic carbocycles. The van der Waals surface area contributed by atoms with Gasteiger partial charge in [0.1, 0.15) is 5.75 Å². The van der Waals surface area contributed by atoms with Crippen LogP contribution < -0.4 is 15.4 Å². The smallest absolute Gasteiger partial charge is 0.170 e. The SMILES string of the molecule is COc1ccccc1CCNC(=S)Nc1cccc(C)c1C. The highest BCUT2D eigenvalue weighted by Gasteiger charge is 2.04. The van der Waals surface area contributed by atoms with Gasteiger partial charge in [0.2, 0.25) is 0 Å². The molecule has 2 aromatic rings. The summed E-state index contributed by atoms with van der Waals surface area (Å²) in [5.74, 6) is 0.915. The Bertz CT molecular complexity index is 655. The third kappa shape index (κ3) is 4.21. The Labute approximate surface area is 137 Å². The molecule has 0 aliphatic heterocycles. The van der Waals surface area contributed by atoms with Gasteiger partial charge in [0.25, 0.3) is 0 Å². The molecule has 116 valence electrons. The fourth-order valence-electron chi connectivity index (χ4n) is 2.27. The first-order valence-corrected chi connectivity index (χ1v) is 7.75. The summed E-state index contributed by atoms with van der Waals surface area (Å²) >= 11 is 5.36. The van der Waals surface area contributed by atoms with Gasteiger partial charge in [-0.05, 0) is 61.3 Å². The van der Waals surface area contributed by atoms with Crippen molar-refractivity contribution in [1.29, 1.82) is 0 Å². The Balaban J connectivity index is 1.87. The summed E-state index contributed by atoms with van der Waals surface area (Å²) in [6.45, 7) is 4.95. The van der Waals surface area contributed by atoms with Crippen LogP contribution in [0, 0.1) is 13.8 Å². The first-order valence-electron chi connectivity index (χ1n) is 7.34. The Kier molecular flexibility index (Phi) is 5.78. The van der Waals surface area contributed by atoms with Crippen molar-refractivity contribution in [2.24, 2.45) is 0 Å². The van der Waals surface area contributed by atoms with E-state index in [2.05, 4.69) is 36.6 Å². The number of benzene rings is 2. The van der Waals surface area contributed by atoms with Crippen LogP contribution in [0.5, 0.6) is 5.75 Å². The van der Waals surface area contributed by atoms with Gasteiger partial charge in [-0.1, -0.05) is 30.3 Å². The van der Waals surface area contributed by atoms with Crippen molar-refractivity contribution >= 4 is 23.0 Å². The number of rotatable bonds is 5. The molecule has 2 aromatic carbocycles. The molecule has 0 heterocycles. The first-order chi connectivity index (χ1) is 10.6. The van der Waals surface area contributed by atoms with Gasteiger partial charge in [-0.3, -0.25) is 0 Å². The summed E-state index contributed by atoms with van der Waals surface area (Å²) in [5.41, 5.74) is 4.69. The molecular formula is C18H22N2OS. The molecule has 0 unspecified atom stereocenters. The number of hydrogen-bond acceptors (Lipinski definition) is 2. The van der Waals surface area contributed by atoms with E-state index in [-0.39, 0.29) is 0 Å². The van der Waals surface area contributed by atoms with E-state index in [0.29, 0.717) is 5.11 Å². The van der Waals surface area contributed by atoms with Gasteiger partial charge in [0.15, 0.2) is 5.11 Å². The molecule has 3 nitrogen and oxygen atoms in total. The predicted molar refractivity (Wildman–Crippen MR) is 96.8 cm³/mol. The lowest BCUT2D eigenvalue weighted by Gasteiger charge is -2.14. The van der Waals surface area contributed by atoms with E-state index in [1.807, 2.05) is 30.3 Å². The minimum atomic E-state index is 0.642. The lowest BCUT2D eigenvalue weighted by atomic mass is 10.1. The van der Waals surface area contributed by atoms with Crippen LogP contribution in [0.3, 0.4) is 0 Å². The number of hydrogen-bond donors (Lipinski definition) is 2. The Morgan fingerprint density at radius 3 is 2.64 bits per heavy atom. The number of thiocarbonyl (C=S) groups is 1. The summed E-state index contributed by atoms with van der Waals surface area (Å²) in [5, 5.41) is 7.14. The van der Waals surface area contributed by atoms with E-state index >= 15 is 0 Å². The third-order valence-corrected chi connectivity index (χ3v) is 3.97. The number of methoxy groups -OCH3 is 1. The molecule has 4 heteroatoms. The predicted octanol–water partition coefficient (Wildman–Crippen LogP) is 3.84. The quantitative estimate of drug-likeness (QED) is 0.822. The number of ether oxygens (including phenoxy) is 1. The van der Waals surface area contributed by atoms with Crippen molar-refractivity contribution in [2.75, 3.05) is 19.0 Å². The summed E-state index contributed by atoms with van der Waals surface area (Å²) in [4.78, 5) is 0. The summed E-state index contributed by atoms with van der Waals surface area (Å²) in [6, 6.07) is 14.2. The highest BCUT2D eigenvalue weighted by molar-refractivity contribution is 7.80. The van der Waals surface area contributed by atoms with Crippen molar-refractivity contribution in [1.82, 2.24) is 5.32 Å². The summed E-state index contributed by atoms with van der Waals surface area (Å²) in [7, 11) is 1.69. The van der Waals surface area contributed by atoms with E-state index in [9.17, 15) is 0 Å². The highest BCUT2D eigenvalue weighted by atomic mass is 32.1. The molecule has 0 radical (unpaired) electrons. The minimum absolute atomic E-state index is 0.642. The fraction of sp³-hybridized carbons (Fsp3) is 0.278.